The van der Waals surface area contributed by atoms with Crippen LogP contribution in [0.2, 0.25) is 5.02 Å². The molecule has 190 valence electrons. The van der Waals surface area contributed by atoms with Gasteiger partial charge in [0.25, 0.3) is 0 Å². The number of carbonyl (C=O) groups excluding carboxylic acids is 2. The highest BCUT2D eigenvalue weighted by Crippen LogP contribution is 2.24. The third kappa shape index (κ3) is 7.08. The summed E-state index contributed by atoms with van der Waals surface area (Å²) in [5, 5.41) is 3.15. The maximum Gasteiger partial charge on any atom is 0.244 e. The average molecular weight is 528 g/mol. The Bertz CT molecular complexity index is 1320. The lowest BCUT2D eigenvalue weighted by Gasteiger charge is -2.33. The van der Waals surface area contributed by atoms with E-state index >= 15 is 0 Å². The number of hydrogen-bond donors (Lipinski definition) is 1. The van der Waals surface area contributed by atoms with Gasteiger partial charge in [0.05, 0.1) is 11.9 Å². The Kier molecular flexibility index (Phi) is 9.12. The molecule has 36 heavy (non-hydrogen) atoms. The standard InChI is InChI=1S/C27H30ClN3O4S/c1-20-10-7-8-15-24(20)31(36(3,34)35)19-26(32)30(18-22-13-9-14-23(28)16-22)25(27(33)29-2)17-21-11-5-4-6-12-21/h4-16,25H,17-19H2,1-3H3,(H,29,33)/t25-/m1/s1. The van der Waals surface area contributed by atoms with Crippen molar-refractivity contribution >= 4 is 39.1 Å². The van der Waals surface area contributed by atoms with E-state index in [4.69, 9.17) is 11.6 Å². The van der Waals surface area contributed by atoms with Crippen molar-refractivity contribution in [3.8, 4) is 0 Å². The zero-order chi connectivity index (χ0) is 26.3. The summed E-state index contributed by atoms with van der Waals surface area (Å²) in [7, 11) is -2.28. The Labute approximate surface area is 217 Å². The third-order valence-electron chi connectivity index (χ3n) is 5.82. The first-order chi connectivity index (χ1) is 17.1. The number of para-hydroxylation sites is 1. The average Bonchev–Trinajstić information content (AvgIpc) is 2.84. The minimum absolute atomic E-state index is 0.0791. The number of nitrogens with zero attached hydrogens (tertiary/aromatic N) is 2. The summed E-state index contributed by atoms with van der Waals surface area (Å²) in [4.78, 5) is 28.3. The Morgan fingerprint density at radius 2 is 1.58 bits per heavy atom. The summed E-state index contributed by atoms with van der Waals surface area (Å²) in [6, 6.07) is 22.5. The Balaban J connectivity index is 2.04. The van der Waals surface area contributed by atoms with Gasteiger partial charge in [0.1, 0.15) is 12.6 Å². The molecular weight excluding hydrogens is 498 g/mol. The van der Waals surface area contributed by atoms with Gasteiger partial charge in [-0.05, 0) is 41.8 Å². The van der Waals surface area contributed by atoms with Gasteiger partial charge >= 0.3 is 0 Å². The van der Waals surface area contributed by atoms with E-state index in [1.807, 2.05) is 36.4 Å². The highest BCUT2D eigenvalue weighted by Gasteiger charge is 2.32. The van der Waals surface area contributed by atoms with Crippen LogP contribution in [-0.2, 0) is 32.6 Å². The maximum atomic E-state index is 13.8. The molecule has 0 heterocycles. The summed E-state index contributed by atoms with van der Waals surface area (Å²) in [5.41, 5.74) is 2.72. The largest absolute Gasteiger partial charge is 0.357 e. The van der Waals surface area contributed by atoms with Crippen molar-refractivity contribution in [2.24, 2.45) is 0 Å². The van der Waals surface area contributed by atoms with Gasteiger partial charge in [-0.25, -0.2) is 8.42 Å². The van der Waals surface area contributed by atoms with Crippen LogP contribution in [0.4, 0.5) is 5.69 Å². The molecule has 0 radical (unpaired) electrons. The Hall–Kier alpha value is -3.36. The predicted molar refractivity (Wildman–Crippen MR) is 143 cm³/mol. The molecule has 0 unspecified atom stereocenters. The SMILES string of the molecule is CNC(=O)[C@@H](Cc1ccccc1)N(Cc1cccc(Cl)c1)C(=O)CN(c1ccccc1C)S(C)(=O)=O. The van der Waals surface area contributed by atoms with Gasteiger partial charge < -0.3 is 10.2 Å². The molecule has 0 spiro atoms. The molecule has 0 saturated heterocycles. The molecule has 3 rings (SSSR count). The topological polar surface area (TPSA) is 86.8 Å². The number of carbonyl (C=O) groups is 2. The van der Waals surface area contributed by atoms with Crippen molar-refractivity contribution in [3.63, 3.8) is 0 Å². The molecule has 0 fully saturated rings. The number of likely N-dealkylation sites (N-methyl/N-ethyl adjacent to an activating group) is 1. The quantitative estimate of drug-likeness (QED) is 0.434. The second-order valence-corrected chi connectivity index (χ2v) is 10.9. The number of benzene rings is 3. The van der Waals surface area contributed by atoms with Crippen LogP contribution >= 0.6 is 11.6 Å². The molecule has 0 bridgehead atoms. The molecule has 3 aromatic rings. The molecule has 3 aromatic carbocycles. The zero-order valence-corrected chi connectivity index (χ0v) is 22.1. The van der Waals surface area contributed by atoms with E-state index in [9.17, 15) is 18.0 Å². The number of hydrogen-bond acceptors (Lipinski definition) is 4. The van der Waals surface area contributed by atoms with Crippen molar-refractivity contribution in [2.75, 3.05) is 24.2 Å². The monoisotopic (exact) mass is 527 g/mol. The summed E-state index contributed by atoms with van der Waals surface area (Å²) < 4.78 is 26.6. The Morgan fingerprint density at radius 1 is 0.944 bits per heavy atom. The van der Waals surface area contributed by atoms with Crippen molar-refractivity contribution in [1.82, 2.24) is 10.2 Å². The number of aryl methyl sites for hydroxylation is 1. The van der Waals surface area contributed by atoms with Crippen molar-refractivity contribution in [3.05, 3.63) is 101 Å². The van der Waals surface area contributed by atoms with E-state index < -0.39 is 28.5 Å². The van der Waals surface area contributed by atoms with Gasteiger partial charge in [0.15, 0.2) is 0 Å². The van der Waals surface area contributed by atoms with Crippen LogP contribution in [0, 0.1) is 6.92 Å². The summed E-state index contributed by atoms with van der Waals surface area (Å²) in [6.07, 6.45) is 1.32. The zero-order valence-electron chi connectivity index (χ0n) is 20.5. The number of anilines is 1. The van der Waals surface area contributed by atoms with Crippen LogP contribution in [-0.4, -0.2) is 51.0 Å². The highest BCUT2D eigenvalue weighted by molar-refractivity contribution is 7.92. The minimum atomic E-state index is -3.79. The molecule has 2 amide bonds. The number of nitrogens with one attached hydrogen (secondary N) is 1. The van der Waals surface area contributed by atoms with Crippen LogP contribution in [0.5, 0.6) is 0 Å². The van der Waals surface area contributed by atoms with Gasteiger partial charge in [0, 0.05) is 25.0 Å². The lowest BCUT2D eigenvalue weighted by molar-refractivity contribution is -0.139. The second-order valence-electron chi connectivity index (χ2n) is 8.53. The molecule has 0 aromatic heterocycles. The fraction of sp³-hybridized carbons (Fsp3) is 0.259. The molecule has 7 nitrogen and oxygen atoms in total. The lowest BCUT2D eigenvalue weighted by atomic mass is 10.0. The molecule has 0 aliphatic heterocycles. The molecule has 1 atom stereocenters. The van der Waals surface area contributed by atoms with Gasteiger partial charge in [0.2, 0.25) is 21.8 Å². The van der Waals surface area contributed by atoms with E-state index in [0.717, 1.165) is 21.7 Å². The first-order valence-corrected chi connectivity index (χ1v) is 13.7. The van der Waals surface area contributed by atoms with Crippen LogP contribution < -0.4 is 9.62 Å². The van der Waals surface area contributed by atoms with E-state index in [0.29, 0.717) is 16.3 Å². The molecule has 9 heteroatoms. The third-order valence-corrected chi connectivity index (χ3v) is 7.18. The lowest BCUT2D eigenvalue weighted by Crippen LogP contribution is -2.53. The normalized spacial score (nSPS) is 12.0. The van der Waals surface area contributed by atoms with Crippen molar-refractivity contribution in [2.45, 2.75) is 25.9 Å². The fourth-order valence-corrected chi connectivity index (χ4v) is 5.11. The van der Waals surface area contributed by atoms with E-state index in [-0.39, 0.29) is 18.9 Å². The summed E-state index contributed by atoms with van der Waals surface area (Å²) in [6.45, 7) is 1.41. The van der Waals surface area contributed by atoms with Gasteiger partial charge in [-0.15, -0.1) is 0 Å². The fourth-order valence-electron chi connectivity index (χ4n) is 3.99. The predicted octanol–water partition coefficient (Wildman–Crippen LogP) is 3.80. The minimum Gasteiger partial charge on any atom is -0.357 e. The van der Waals surface area contributed by atoms with Gasteiger partial charge in [-0.3, -0.25) is 13.9 Å². The smallest absolute Gasteiger partial charge is 0.244 e. The van der Waals surface area contributed by atoms with E-state index in [2.05, 4.69) is 5.32 Å². The van der Waals surface area contributed by atoms with Gasteiger partial charge in [-0.1, -0.05) is 72.3 Å². The van der Waals surface area contributed by atoms with Crippen LogP contribution in [0.1, 0.15) is 16.7 Å². The number of amides is 2. The Morgan fingerprint density at radius 3 is 2.19 bits per heavy atom. The first-order valence-electron chi connectivity index (χ1n) is 11.4. The highest BCUT2D eigenvalue weighted by atomic mass is 35.5. The van der Waals surface area contributed by atoms with E-state index in [1.54, 1.807) is 49.4 Å². The van der Waals surface area contributed by atoms with Crippen molar-refractivity contribution in [1.29, 1.82) is 0 Å². The van der Waals surface area contributed by atoms with Crippen molar-refractivity contribution < 1.29 is 18.0 Å². The van der Waals surface area contributed by atoms with Crippen LogP contribution in [0.25, 0.3) is 0 Å². The molecular formula is C27H30ClN3O4S. The van der Waals surface area contributed by atoms with Crippen LogP contribution in [0.15, 0.2) is 78.9 Å². The van der Waals surface area contributed by atoms with Crippen LogP contribution in [0.3, 0.4) is 0 Å². The summed E-state index contributed by atoms with van der Waals surface area (Å²) in [5.74, 6) is -0.857. The summed E-state index contributed by atoms with van der Waals surface area (Å²) >= 11 is 6.18. The maximum absolute atomic E-state index is 13.8. The van der Waals surface area contributed by atoms with E-state index in [1.165, 1.54) is 11.9 Å². The molecule has 0 aliphatic rings. The first kappa shape index (κ1) is 27.2. The molecule has 1 N–H and O–H groups in total. The van der Waals surface area contributed by atoms with Gasteiger partial charge in [-0.2, -0.15) is 0 Å². The molecule has 0 saturated carbocycles. The molecule has 0 aliphatic carbocycles. The second kappa shape index (κ2) is 12.1. The number of halogens is 1. The number of rotatable bonds is 10. The number of sulfonamides is 1.